The zero-order chi connectivity index (χ0) is 27.5. The van der Waals surface area contributed by atoms with E-state index in [1.807, 2.05) is 25.4 Å². The van der Waals surface area contributed by atoms with Crippen LogP contribution in [0, 0.1) is 5.92 Å². The van der Waals surface area contributed by atoms with E-state index >= 15 is 0 Å². The lowest BCUT2D eigenvalue weighted by Gasteiger charge is -2.32. The molecule has 2 amide bonds. The van der Waals surface area contributed by atoms with Gasteiger partial charge < -0.3 is 19.9 Å². The number of aromatic nitrogens is 6. The Morgan fingerprint density at radius 3 is 2.77 bits per heavy atom. The fourth-order valence-electron chi connectivity index (χ4n) is 4.63. The van der Waals surface area contributed by atoms with Crippen molar-refractivity contribution in [3.05, 3.63) is 53.9 Å². The van der Waals surface area contributed by atoms with Gasteiger partial charge in [0.1, 0.15) is 18.7 Å². The van der Waals surface area contributed by atoms with Crippen LogP contribution in [0.15, 0.2) is 48.9 Å². The summed E-state index contributed by atoms with van der Waals surface area (Å²) < 4.78 is 3.18. The first-order chi connectivity index (χ1) is 18.8. The molecule has 1 fully saturated rings. The second-order valence-corrected chi connectivity index (χ2v) is 10.2. The summed E-state index contributed by atoms with van der Waals surface area (Å²) in [4.78, 5) is 41.9. The molecule has 39 heavy (non-hydrogen) atoms. The van der Waals surface area contributed by atoms with Crippen LogP contribution in [0.3, 0.4) is 0 Å². The lowest BCUT2D eigenvalue weighted by molar-refractivity contribution is -0.139. The van der Waals surface area contributed by atoms with E-state index in [2.05, 4.69) is 25.9 Å². The molecule has 1 saturated carbocycles. The summed E-state index contributed by atoms with van der Waals surface area (Å²) in [6, 6.07) is 9.81. The van der Waals surface area contributed by atoms with E-state index in [1.54, 1.807) is 40.9 Å². The normalized spacial score (nSPS) is 13.7. The molecule has 0 saturated heterocycles. The van der Waals surface area contributed by atoms with Crippen molar-refractivity contribution in [2.24, 2.45) is 13.0 Å². The average molecular weight is 550 g/mol. The Kier molecular flexibility index (Phi) is 7.55. The largest absolute Gasteiger partial charge is 0.363 e. The van der Waals surface area contributed by atoms with Gasteiger partial charge in [-0.25, -0.2) is 0 Å². The molecule has 202 valence electrons. The maximum atomic E-state index is 13.6. The molecule has 1 N–H and O–H groups in total. The summed E-state index contributed by atoms with van der Waals surface area (Å²) in [5.74, 6) is -0.364. The molecule has 2 heterocycles. The van der Waals surface area contributed by atoms with Crippen LogP contribution in [-0.4, -0.2) is 79.2 Å². The maximum Gasteiger partial charge on any atom is 0.247 e. The van der Waals surface area contributed by atoms with E-state index in [4.69, 9.17) is 11.6 Å². The van der Waals surface area contributed by atoms with Gasteiger partial charge >= 0.3 is 0 Å². The van der Waals surface area contributed by atoms with E-state index < -0.39 is 6.04 Å². The number of likely N-dealkylation sites (N-methyl/N-ethyl adjacent to an activating group) is 1. The number of carbonyl (C=O) groups excluding carboxylic acids is 3. The summed E-state index contributed by atoms with van der Waals surface area (Å²) in [5.41, 5.74) is 2.65. The number of nitrogens with zero attached hydrogens (tertiary/aromatic N) is 8. The van der Waals surface area contributed by atoms with Crippen molar-refractivity contribution in [3.8, 4) is 5.69 Å². The van der Waals surface area contributed by atoms with Crippen LogP contribution < -0.4 is 10.2 Å². The second-order valence-electron chi connectivity index (χ2n) is 9.72. The molecule has 4 aromatic rings. The van der Waals surface area contributed by atoms with Crippen molar-refractivity contribution >= 4 is 52.0 Å². The predicted octanol–water partition coefficient (Wildman–Crippen LogP) is 2.47. The molecule has 1 aliphatic rings. The second kappa shape index (κ2) is 11.2. The van der Waals surface area contributed by atoms with E-state index in [0.29, 0.717) is 40.7 Å². The highest BCUT2D eigenvalue weighted by atomic mass is 35.5. The number of nitrogens with one attached hydrogen (secondary N) is 1. The minimum Gasteiger partial charge on any atom is -0.363 e. The molecule has 0 radical (unpaired) electrons. The molecule has 13 heteroatoms. The quantitative estimate of drug-likeness (QED) is 0.282. The summed E-state index contributed by atoms with van der Waals surface area (Å²) >= 11 is 6.25. The minimum absolute atomic E-state index is 0.0978. The number of fused-ring (bicyclic) bond motifs is 1. The van der Waals surface area contributed by atoms with Crippen LogP contribution in [0.1, 0.15) is 19.3 Å². The summed E-state index contributed by atoms with van der Waals surface area (Å²) in [7, 11) is 3.56. The van der Waals surface area contributed by atoms with Crippen molar-refractivity contribution in [1.29, 1.82) is 0 Å². The van der Waals surface area contributed by atoms with Gasteiger partial charge in [-0.3, -0.25) is 14.3 Å². The number of carbonyl (C=O) groups is 3. The molecular weight excluding hydrogens is 522 g/mol. The number of rotatable bonds is 11. The van der Waals surface area contributed by atoms with Gasteiger partial charge in [-0.15, -0.1) is 5.10 Å². The number of halogens is 1. The van der Waals surface area contributed by atoms with E-state index in [0.717, 1.165) is 23.7 Å². The number of tetrazole rings is 1. The monoisotopic (exact) mass is 549 g/mol. The van der Waals surface area contributed by atoms with Crippen LogP contribution >= 0.6 is 11.6 Å². The SMILES string of the molecule is CN(CC(=O)N(CC=O)C(CC1CC1)C(=O)Nc1ccc2nn(C)cc2c1)c1cc(Cl)ccc1-n1cnnn1. The summed E-state index contributed by atoms with van der Waals surface area (Å²) in [5, 5.41) is 20.0. The van der Waals surface area contributed by atoms with E-state index in [-0.39, 0.29) is 24.9 Å². The zero-order valence-corrected chi connectivity index (χ0v) is 22.3. The first-order valence-electron chi connectivity index (χ1n) is 12.5. The van der Waals surface area contributed by atoms with E-state index in [9.17, 15) is 14.4 Å². The molecule has 2 aromatic heterocycles. The molecule has 0 bridgehead atoms. The number of hydrogen-bond acceptors (Lipinski definition) is 8. The van der Waals surface area contributed by atoms with Gasteiger partial charge in [0.2, 0.25) is 11.8 Å². The Labute approximate surface area is 229 Å². The van der Waals surface area contributed by atoms with Crippen LogP contribution in [0.5, 0.6) is 0 Å². The van der Waals surface area contributed by atoms with Crippen molar-refractivity contribution in [2.75, 3.05) is 30.4 Å². The molecule has 0 spiro atoms. The van der Waals surface area contributed by atoms with Gasteiger partial charge in [-0.05, 0) is 59.2 Å². The fraction of sp³-hybridized carbons (Fsp3) is 0.346. The Morgan fingerprint density at radius 1 is 1.23 bits per heavy atom. The number of aryl methyl sites for hydroxylation is 1. The summed E-state index contributed by atoms with van der Waals surface area (Å²) in [6.45, 7) is -0.298. The molecular formula is C26H28ClN9O3. The first kappa shape index (κ1) is 26.3. The van der Waals surface area contributed by atoms with E-state index in [1.165, 1.54) is 15.9 Å². The number of aldehydes is 1. The fourth-order valence-corrected chi connectivity index (χ4v) is 4.79. The Hall–Kier alpha value is -4.32. The van der Waals surface area contributed by atoms with Crippen molar-refractivity contribution in [1.82, 2.24) is 34.9 Å². The van der Waals surface area contributed by atoms with Crippen molar-refractivity contribution in [2.45, 2.75) is 25.3 Å². The van der Waals surface area contributed by atoms with Gasteiger partial charge in [-0.1, -0.05) is 24.4 Å². The Bertz CT molecular complexity index is 1500. The number of anilines is 2. The third kappa shape index (κ3) is 6.06. The number of hydrogen-bond donors (Lipinski definition) is 1. The Morgan fingerprint density at radius 2 is 2.05 bits per heavy atom. The van der Waals surface area contributed by atoms with Crippen LogP contribution in [0.4, 0.5) is 11.4 Å². The Balaban J connectivity index is 1.37. The molecule has 1 aliphatic carbocycles. The lowest BCUT2D eigenvalue weighted by Crippen LogP contribution is -2.51. The molecule has 0 aliphatic heterocycles. The molecule has 1 unspecified atom stereocenters. The number of benzene rings is 2. The van der Waals surface area contributed by atoms with Gasteiger partial charge in [0.05, 0.1) is 30.0 Å². The highest BCUT2D eigenvalue weighted by Crippen LogP contribution is 2.35. The van der Waals surface area contributed by atoms with Gasteiger partial charge in [0.15, 0.2) is 0 Å². The molecule has 5 rings (SSSR count). The van der Waals surface area contributed by atoms with Crippen LogP contribution in [0.2, 0.25) is 5.02 Å². The average Bonchev–Trinajstić information content (AvgIpc) is 3.40. The zero-order valence-electron chi connectivity index (χ0n) is 21.6. The molecule has 1 atom stereocenters. The number of amides is 2. The van der Waals surface area contributed by atoms with Gasteiger partial charge in [0.25, 0.3) is 0 Å². The summed E-state index contributed by atoms with van der Waals surface area (Å²) in [6.07, 6.45) is 6.43. The first-order valence-corrected chi connectivity index (χ1v) is 12.9. The van der Waals surface area contributed by atoms with Crippen LogP contribution in [-0.2, 0) is 21.4 Å². The minimum atomic E-state index is -0.799. The van der Waals surface area contributed by atoms with Gasteiger partial charge in [-0.2, -0.15) is 9.78 Å². The van der Waals surface area contributed by atoms with Crippen molar-refractivity contribution < 1.29 is 14.4 Å². The standard InChI is InChI=1S/C26H28ClN9O3/c1-33(23-13-19(27)5-8-22(23)36-16-28-31-32-36)15-25(38)35(9-10-37)24(11-17-3-4-17)26(39)29-20-6-7-21-18(12-20)14-34(2)30-21/h5-8,10,12-14,16-17,24H,3-4,9,11,15H2,1-2H3,(H,29,39). The molecule has 2 aromatic carbocycles. The smallest absolute Gasteiger partial charge is 0.247 e. The van der Waals surface area contributed by atoms with Crippen LogP contribution in [0.25, 0.3) is 16.6 Å². The lowest BCUT2D eigenvalue weighted by atomic mass is 10.1. The van der Waals surface area contributed by atoms with Crippen molar-refractivity contribution in [3.63, 3.8) is 0 Å². The third-order valence-electron chi connectivity index (χ3n) is 6.73. The maximum absolute atomic E-state index is 13.6. The molecule has 12 nitrogen and oxygen atoms in total. The third-order valence-corrected chi connectivity index (χ3v) is 6.96. The topological polar surface area (TPSA) is 131 Å². The predicted molar refractivity (Wildman–Crippen MR) is 146 cm³/mol. The highest BCUT2D eigenvalue weighted by Gasteiger charge is 2.36. The highest BCUT2D eigenvalue weighted by molar-refractivity contribution is 6.31. The van der Waals surface area contributed by atoms with Gasteiger partial charge in [0, 0.05) is 36.4 Å².